The summed E-state index contributed by atoms with van der Waals surface area (Å²) in [5.74, 6) is -0.805. The van der Waals surface area contributed by atoms with Gasteiger partial charge in [-0.25, -0.2) is 4.98 Å². The number of rotatable bonds is 13. The zero-order chi connectivity index (χ0) is 27.5. The van der Waals surface area contributed by atoms with E-state index in [-0.39, 0.29) is 18.4 Å². The van der Waals surface area contributed by atoms with Gasteiger partial charge in [0.1, 0.15) is 6.04 Å². The monoisotopic (exact) mass is 520 g/mol. The standard InChI is InChI=1S/C31H32N6O2/c32-18-25-11-13-26(14-12-25)21-37-22-34-19-28(37)20-35-27(15-23-7-3-1-4-8-23)17-30(38)36-29(31(33)39)16-24-9-5-2-6-10-24/h1-14,19,22,27,29,35H,15-17,20-21H2,(H2,33,39)(H,36,38)/t27-,29-/m0/s1. The fourth-order valence-electron chi connectivity index (χ4n) is 4.43. The molecule has 1 aromatic heterocycles. The van der Waals surface area contributed by atoms with Gasteiger partial charge >= 0.3 is 0 Å². The van der Waals surface area contributed by atoms with Crippen molar-refractivity contribution in [3.63, 3.8) is 0 Å². The lowest BCUT2D eigenvalue weighted by molar-refractivity contribution is -0.127. The van der Waals surface area contributed by atoms with E-state index in [4.69, 9.17) is 11.0 Å². The molecular formula is C31H32N6O2. The van der Waals surface area contributed by atoms with Gasteiger partial charge in [-0.05, 0) is 35.2 Å². The van der Waals surface area contributed by atoms with E-state index < -0.39 is 11.9 Å². The normalized spacial score (nSPS) is 12.3. The number of primary amides is 1. The molecule has 0 saturated carbocycles. The number of hydrogen-bond acceptors (Lipinski definition) is 5. The lowest BCUT2D eigenvalue weighted by Gasteiger charge is -2.21. The number of benzene rings is 3. The van der Waals surface area contributed by atoms with Gasteiger partial charge < -0.3 is 20.9 Å². The highest BCUT2D eigenvalue weighted by Gasteiger charge is 2.21. The van der Waals surface area contributed by atoms with E-state index in [1.165, 1.54) is 0 Å². The number of carbonyl (C=O) groups is 2. The van der Waals surface area contributed by atoms with Gasteiger partial charge in [0.25, 0.3) is 0 Å². The predicted octanol–water partition coefficient (Wildman–Crippen LogP) is 3.11. The predicted molar refractivity (Wildman–Crippen MR) is 149 cm³/mol. The molecule has 2 atom stereocenters. The van der Waals surface area contributed by atoms with Gasteiger partial charge in [-0.15, -0.1) is 0 Å². The second-order valence-corrected chi connectivity index (χ2v) is 9.51. The molecule has 0 aliphatic rings. The number of nitrogens with two attached hydrogens (primary N) is 1. The maximum atomic E-state index is 13.1. The fourth-order valence-corrected chi connectivity index (χ4v) is 4.43. The molecule has 8 nitrogen and oxygen atoms in total. The molecule has 4 rings (SSSR count). The number of nitrogens with one attached hydrogen (secondary N) is 2. The number of hydrogen-bond donors (Lipinski definition) is 3. The summed E-state index contributed by atoms with van der Waals surface area (Å²) < 4.78 is 2.04. The first-order chi connectivity index (χ1) is 19.0. The van der Waals surface area contributed by atoms with E-state index >= 15 is 0 Å². The topological polar surface area (TPSA) is 126 Å². The highest BCUT2D eigenvalue weighted by atomic mass is 16.2. The van der Waals surface area contributed by atoms with Gasteiger partial charge in [0, 0.05) is 38.2 Å². The van der Waals surface area contributed by atoms with Crippen LogP contribution < -0.4 is 16.4 Å². The Hall–Kier alpha value is -4.74. The second-order valence-electron chi connectivity index (χ2n) is 9.51. The maximum Gasteiger partial charge on any atom is 0.240 e. The third kappa shape index (κ3) is 8.38. The summed E-state index contributed by atoms with van der Waals surface area (Å²) in [4.78, 5) is 29.5. The average molecular weight is 521 g/mol. The third-order valence-corrected chi connectivity index (χ3v) is 6.52. The van der Waals surface area contributed by atoms with Gasteiger partial charge in [-0.3, -0.25) is 9.59 Å². The molecule has 0 radical (unpaired) electrons. The number of nitriles is 1. The van der Waals surface area contributed by atoms with Crippen LogP contribution in [0.2, 0.25) is 0 Å². The highest BCUT2D eigenvalue weighted by molar-refractivity contribution is 5.87. The van der Waals surface area contributed by atoms with Crippen LogP contribution in [0.1, 0.15) is 34.4 Å². The number of carbonyl (C=O) groups excluding carboxylic acids is 2. The van der Waals surface area contributed by atoms with E-state index in [9.17, 15) is 9.59 Å². The van der Waals surface area contributed by atoms with E-state index in [0.717, 1.165) is 22.4 Å². The Morgan fingerprint density at radius 2 is 1.54 bits per heavy atom. The minimum Gasteiger partial charge on any atom is -0.368 e. The summed E-state index contributed by atoms with van der Waals surface area (Å²) in [7, 11) is 0. The molecule has 1 heterocycles. The molecule has 2 amide bonds. The summed E-state index contributed by atoms with van der Waals surface area (Å²) in [6.45, 7) is 1.12. The van der Waals surface area contributed by atoms with Crippen LogP contribution in [0.3, 0.4) is 0 Å². The first-order valence-corrected chi connectivity index (χ1v) is 12.9. The van der Waals surface area contributed by atoms with E-state index in [2.05, 4.69) is 21.7 Å². The average Bonchev–Trinajstić information content (AvgIpc) is 3.39. The quantitative estimate of drug-likeness (QED) is 0.250. The van der Waals surface area contributed by atoms with Crippen LogP contribution in [0, 0.1) is 11.3 Å². The summed E-state index contributed by atoms with van der Waals surface area (Å²) in [6.07, 6.45) is 4.73. The minimum atomic E-state index is -0.786. The molecule has 0 fully saturated rings. The van der Waals surface area contributed by atoms with E-state index in [1.807, 2.05) is 77.4 Å². The summed E-state index contributed by atoms with van der Waals surface area (Å²) in [6, 6.07) is 28.1. The Balaban J connectivity index is 1.41. The van der Waals surface area contributed by atoms with Crippen molar-refractivity contribution >= 4 is 11.8 Å². The van der Waals surface area contributed by atoms with Crippen molar-refractivity contribution in [2.45, 2.75) is 44.4 Å². The number of imidazole rings is 1. The van der Waals surface area contributed by atoms with Crippen molar-refractivity contribution in [3.05, 3.63) is 125 Å². The number of aromatic nitrogens is 2. The van der Waals surface area contributed by atoms with Crippen molar-refractivity contribution in [1.82, 2.24) is 20.2 Å². The van der Waals surface area contributed by atoms with Gasteiger partial charge in [0.2, 0.25) is 11.8 Å². The molecule has 8 heteroatoms. The first kappa shape index (κ1) is 27.3. The lowest BCUT2D eigenvalue weighted by Crippen LogP contribution is -2.47. The van der Waals surface area contributed by atoms with Crippen molar-refractivity contribution in [2.75, 3.05) is 0 Å². The summed E-state index contributed by atoms with van der Waals surface area (Å²) in [5.41, 5.74) is 10.3. The smallest absolute Gasteiger partial charge is 0.240 e. The molecule has 0 spiro atoms. The van der Waals surface area contributed by atoms with Crippen LogP contribution in [-0.4, -0.2) is 33.4 Å². The van der Waals surface area contributed by atoms with Crippen LogP contribution in [0.25, 0.3) is 0 Å². The number of nitrogens with zero attached hydrogens (tertiary/aromatic N) is 3. The van der Waals surface area contributed by atoms with Crippen LogP contribution in [0.15, 0.2) is 97.5 Å². The van der Waals surface area contributed by atoms with Crippen molar-refractivity contribution in [2.24, 2.45) is 5.73 Å². The molecule has 4 N–H and O–H groups in total. The fraction of sp³-hybridized carbons (Fsp3) is 0.226. The Kier molecular flexibility index (Phi) is 9.59. The molecule has 0 aliphatic carbocycles. The SMILES string of the molecule is N#Cc1ccc(Cn2cncc2CN[C@H](CC(=O)N[C@@H](Cc2ccccc2)C(N)=O)Cc2ccccc2)cc1. The molecule has 198 valence electrons. The third-order valence-electron chi connectivity index (χ3n) is 6.52. The van der Waals surface area contributed by atoms with E-state index in [1.54, 1.807) is 24.7 Å². The lowest BCUT2D eigenvalue weighted by atomic mass is 10.0. The zero-order valence-electron chi connectivity index (χ0n) is 21.7. The molecule has 0 bridgehead atoms. The zero-order valence-corrected chi connectivity index (χ0v) is 21.7. The van der Waals surface area contributed by atoms with Gasteiger partial charge in [-0.1, -0.05) is 72.8 Å². The van der Waals surface area contributed by atoms with Gasteiger partial charge in [-0.2, -0.15) is 5.26 Å². The van der Waals surface area contributed by atoms with Gasteiger partial charge in [0.05, 0.1) is 23.7 Å². The van der Waals surface area contributed by atoms with Crippen LogP contribution in [0.5, 0.6) is 0 Å². The van der Waals surface area contributed by atoms with Gasteiger partial charge in [0.15, 0.2) is 0 Å². The van der Waals surface area contributed by atoms with E-state index in [0.29, 0.717) is 31.5 Å². The van der Waals surface area contributed by atoms with Crippen LogP contribution >= 0.6 is 0 Å². The Morgan fingerprint density at radius 3 is 2.15 bits per heavy atom. The van der Waals surface area contributed by atoms with Crippen LogP contribution in [0.4, 0.5) is 0 Å². The molecule has 3 aromatic carbocycles. The Labute approximate surface area is 228 Å². The maximum absolute atomic E-state index is 13.1. The molecule has 4 aromatic rings. The Bertz CT molecular complexity index is 1390. The number of amides is 2. The Morgan fingerprint density at radius 1 is 0.897 bits per heavy atom. The molecule has 0 unspecified atom stereocenters. The van der Waals surface area contributed by atoms with Crippen molar-refractivity contribution in [1.29, 1.82) is 5.26 Å². The molecule has 0 saturated heterocycles. The molecule has 0 aliphatic heterocycles. The molecular weight excluding hydrogens is 488 g/mol. The first-order valence-electron chi connectivity index (χ1n) is 12.9. The van der Waals surface area contributed by atoms with Crippen molar-refractivity contribution < 1.29 is 9.59 Å². The van der Waals surface area contributed by atoms with Crippen LogP contribution in [-0.2, 0) is 35.5 Å². The largest absolute Gasteiger partial charge is 0.368 e. The van der Waals surface area contributed by atoms with Crippen molar-refractivity contribution in [3.8, 4) is 6.07 Å². The summed E-state index contributed by atoms with van der Waals surface area (Å²) >= 11 is 0. The highest BCUT2D eigenvalue weighted by Crippen LogP contribution is 2.11. The summed E-state index contributed by atoms with van der Waals surface area (Å²) in [5, 5.41) is 15.4. The second kappa shape index (κ2) is 13.7. The minimum absolute atomic E-state index is 0.178. The molecule has 39 heavy (non-hydrogen) atoms.